The molecule has 0 aliphatic heterocycles. The molecular weight excluding hydrogens is 366 g/mol. The lowest BCUT2D eigenvalue weighted by Gasteiger charge is -2.07. The third-order valence-electron chi connectivity index (χ3n) is 4.31. The highest BCUT2D eigenvalue weighted by atomic mass is 35.5. The van der Waals surface area contributed by atoms with Gasteiger partial charge >= 0.3 is 0 Å². The van der Waals surface area contributed by atoms with Gasteiger partial charge in [-0.1, -0.05) is 11.6 Å². The molecule has 27 heavy (non-hydrogen) atoms. The Morgan fingerprint density at radius 3 is 2.81 bits per heavy atom. The Kier molecular flexibility index (Phi) is 5.81. The molecule has 0 radical (unpaired) electrons. The van der Waals surface area contributed by atoms with Crippen LogP contribution >= 0.6 is 11.6 Å². The molecule has 1 N–H and O–H groups in total. The monoisotopic (exact) mass is 387 g/mol. The quantitative estimate of drug-likeness (QED) is 0.674. The lowest BCUT2D eigenvalue weighted by atomic mass is 10.2. The molecule has 0 aliphatic rings. The van der Waals surface area contributed by atoms with Gasteiger partial charge in [-0.3, -0.25) is 9.48 Å². The van der Waals surface area contributed by atoms with E-state index < -0.39 is 0 Å². The SMILES string of the molecule is CCn1ncc(CNC(=O)c2ccn(COc3ccc(Cl)c(C)c3)n2)c1C. The van der Waals surface area contributed by atoms with Crippen molar-refractivity contribution in [2.24, 2.45) is 0 Å². The second-order valence-electron chi connectivity index (χ2n) is 6.18. The van der Waals surface area contributed by atoms with Gasteiger partial charge in [0.2, 0.25) is 0 Å². The highest BCUT2D eigenvalue weighted by molar-refractivity contribution is 6.31. The van der Waals surface area contributed by atoms with Crippen LogP contribution in [0.15, 0.2) is 36.7 Å². The van der Waals surface area contributed by atoms with Gasteiger partial charge in [-0.2, -0.15) is 10.2 Å². The van der Waals surface area contributed by atoms with E-state index in [1.165, 1.54) is 0 Å². The van der Waals surface area contributed by atoms with Crippen LogP contribution in [0.1, 0.15) is 34.2 Å². The molecule has 0 fully saturated rings. The number of amides is 1. The first-order chi connectivity index (χ1) is 13.0. The van der Waals surface area contributed by atoms with Crippen molar-refractivity contribution in [3.8, 4) is 5.75 Å². The minimum absolute atomic E-state index is 0.205. The van der Waals surface area contributed by atoms with Gasteiger partial charge in [0.25, 0.3) is 5.91 Å². The van der Waals surface area contributed by atoms with E-state index >= 15 is 0 Å². The van der Waals surface area contributed by atoms with Gasteiger partial charge in [-0.25, -0.2) is 4.68 Å². The first kappa shape index (κ1) is 19.0. The number of hydrogen-bond donors (Lipinski definition) is 1. The van der Waals surface area contributed by atoms with Crippen molar-refractivity contribution in [2.75, 3.05) is 0 Å². The van der Waals surface area contributed by atoms with Crippen molar-refractivity contribution in [1.29, 1.82) is 0 Å². The number of hydrogen-bond acceptors (Lipinski definition) is 4. The second-order valence-corrected chi connectivity index (χ2v) is 6.59. The number of nitrogens with zero attached hydrogens (tertiary/aromatic N) is 4. The van der Waals surface area contributed by atoms with E-state index in [0.717, 1.165) is 23.4 Å². The van der Waals surface area contributed by atoms with E-state index in [0.29, 0.717) is 23.0 Å². The van der Waals surface area contributed by atoms with E-state index in [1.54, 1.807) is 35.3 Å². The molecule has 0 saturated carbocycles. The smallest absolute Gasteiger partial charge is 0.272 e. The van der Waals surface area contributed by atoms with E-state index in [9.17, 15) is 4.79 Å². The van der Waals surface area contributed by atoms with Gasteiger partial charge in [-0.05, 0) is 50.6 Å². The number of aryl methyl sites for hydroxylation is 2. The fourth-order valence-electron chi connectivity index (χ4n) is 2.65. The van der Waals surface area contributed by atoms with E-state index in [-0.39, 0.29) is 12.6 Å². The first-order valence-corrected chi connectivity index (χ1v) is 9.07. The van der Waals surface area contributed by atoms with E-state index in [4.69, 9.17) is 16.3 Å². The summed E-state index contributed by atoms with van der Waals surface area (Å²) in [6.45, 7) is 7.36. The third-order valence-corrected chi connectivity index (χ3v) is 4.73. The van der Waals surface area contributed by atoms with Crippen molar-refractivity contribution < 1.29 is 9.53 Å². The zero-order valence-corrected chi connectivity index (χ0v) is 16.3. The largest absolute Gasteiger partial charge is 0.471 e. The highest BCUT2D eigenvalue weighted by Crippen LogP contribution is 2.21. The second kappa shape index (κ2) is 8.26. The summed E-state index contributed by atoms with van der Waals surface area (Å²) >= 11 is 6.01. The maximum absolute atomic E-state index is 12.3. The number of carbonyl (C=O) groups excluding carboxylic acids is 1. The highest BCUT2D eigenvalue weighted by Gasteiger charge is 2.12. The predicted molar refractivity (Wildman–Crippen MR) is 103 cm³/mol. The van der Waals surface area contributed by atoms with Crippen LogP contribution in [-0.2, 0) is 19.8 Å². The third kappa shape index (κ3) is 4.49. The Labute approximate surface area is 162 Å². The van der Waals surface area contributed by atoms with Crippen molar-refractivity contribution in [1.82, 2.24) is 24.9 Å². The Morgan fingerprint density at radius 2 is 2.11 bits per heavy atom. The minimum atomic E-state index is -0.236. The molecule has 0 spiro atoms. The molecule has 3 aromatic rings. The average molecular weight is 388 g/mol. The zero-order valence-electron chi connectivity index (χ0n) is 15.6. The van der Waals surface area contributed by atoms with Crippen molar-refractivity contribution >= 4 is 17.5 Å². The average Bonchev–Trinajstić information content (AvgIpc) is 3.27. The van der Waals surface area contributed by atoms with Crippen LogP contribution in [-0.4, -0.2) is 25.5 Å². The van der Waals surface area contributed by atoms with Gasteiger partial charge in [0, 0.05) is 35.6 Å². The Morgan fingerprint density at radius 1 is 1.30 bits per heavy atom. The van der Waals surface area contributed by atoms with Crippen LogP contribution in [0.5, 0.6) is 5.75 Å². The van der Waals surface area contributed by atoms with E-state index in [1.807, 2.05) is 31.5 Å². The maximum Gasteiger partial charge on any atom is 0.272 e. The summed E-state index contributed by atoms with van der Waals surface area (Å²) in [7, 11) is 0. The molecule has 0 aliphatic carbocycles. The van der Waals surface area contributed by atoms with Gasteiger partial charge in [-0.15, -0.1) is 0 Å². The summed E-state index contributed by atoms with van der Waals surface area (Å²) in [5, 5.41) is 12.1. The molecule has 0 saturated heterocycles. The number of rotatable bonds is 7. The number of ether oxygens (including phenoxy) is 1. The van der Waals surface area contributed by atoms with Crippen LogP contribution in [0.3, 0.4) is 0 Å². The maximum atomic E-state index is 12.3. The van der Waals surface area contributed by atoms with Crippen molar-refractivity contribution in [2.45, 2.75) is 40.6 Å². The van der Waals surface area contributed by atoms with Crippen molar-refractivity contribution in [3.05, 3.63) is 64.2 Å². The van der Waals surface area contributed by atoms with Gasteiger partial charge in [0.15, 0.2) is 6.73 Å². The molecule has 3 rings (SSSR count). The summed E-state index contributed by atoms with van der Waals surface area (Å²) in [5.41, 5.74) is 3.32. The van der Waals surface area contributed by atoms with Crippen molar-refractivity contribution in [3.63, 3.8) is 0 Å². The number of aromatic nitrogens is 4. The number of halogens is 1. The zero-order chi connectivity index (χ0) is 19.4. The molecule has 2 aromatic heterocycles. The van der Waals surface area contributed by atoms with Crippen LogP contribution in [0.2, 0.25) is 5.02 Å². The fraction of sp³-hybridized carbons (Fsp3) is 0.316. The van der Waals surface area contributed by atoms with Crippen LogP contribution in [0.25, 0.3) is 0 Å². The summed E-state index contributed by atoms with van der Waals surface area (Å²) in [6, 6.07) is 7.11. The lowest BCUT2D eigenvalue weighted by molar-refractivity contribution is 0.0944. The minimum Gasteiger partial charge on any atom is -0.471 e. The molecule has 0 atom stereocenters. The van der Waals surface area contributed by atoms with E-state index in [2.05, 4.69) is 15.5 Å². The summed E-state index contributed by atoms with van der Waals surface area (Å²) in [5.74, 6) is 0.460. The summed E-state index contributed by atoms with van der Waals surface area (Å²) in [4.78, 5) is 12.3. The standard InChI is InChI=1S/C19H22ClN5O2/c1-4-25-14(3)15(11-22-25)10-21-19(26)18-7-8-24(23-18)12-27-16-5-6-17(20)13(2)9-16/h5-9,11H,4,10,12H2,1-3H3,(H,21,26). The lowest BCUT2D eigenvalue weighted by Crippen LogP contribution is -2.24. The molecule has 1 aromatic carbocycles. The molecule has 7 nitrogen and oxygen atoms in total. The normalized spacial score (nSPS) is 10.8. The molecule has 142 valence electrons. The van der Waals surface area contributed by atoms with Gasteiger partial charge in [0.05, 0.1) is 6.20 Å². The molecule has 0 bridgehead atoms. The predicted octanol–water partition coefficient (Wildman–Crippen LogP) is 3.34. The summed E-state index contributed by atoms with van der Waals surface area (Å²) < 4.78 is 9.14. The molecular formula is C19H22ClN5O2. The Bertz CT molecular complexity index is 947. The fourth-order valence-corrected chi connectivity index (χ4v) is 2.76. The number of carbonyl (C=O) groups is 1. The van der Waals surface area contributed by atoms with Crippen LogP contribution in [0, 0.1) is 13.8 Å². The van der Waals surface area contributed by atoms with Crippen LogP contribution < -0.4 is 10.1 Å². The molecule has 1 amide bonds. The van der Waals surface area contributed by atoms with Crippen LogP contribution in [0.4, 0.5) is 0 Å². The molecule has 8 heteroatoms. The summed E-state index contributed by atoms with van der Waals surface area (Å²) in [6.07, 6.45) is 3.48. The first-order valence-electron chi connectivity index (χ1n) is 8.69. The molecule has 0 unspecified atom stereocenters. The Balaban J connectivity index is 1.55. The topological polar surface area (TPSA) is 74.0 Å². The van der Waals surface area contributed by atoms with Gasteiger partial charge < -0.3 is 10.1 Å². The Hall–Kier alpha value is -2.80. The van der Waals surface area contributed by atoms with Gasteiger partial charge in [0.1, 0.15) is 11.4 Å². The number of benzene rings is 1. The number of nitrogens with one attached hydrogen (secondary N) is 1. The molecule has 2 heterocycles.